The summed E-state index contributed by atoms with van der Waals surface area (Å²) in [5.41, 5.74) is 0.0463. The molecule has 24 heavy (non-hydrogen) atoms. The van der Waals surface area contributed by atoms with Crippen molar-refractivity contribution in [3.8, 4) is 5.75 Å². The van der Waals surface area contributed by atoms with Gasteiger partial charge in [-0.1, -0.05) is 0 Å². The number of benzene rings is 1. The van der Waals surface area contributed by atoms with Crippen LogP contribution in [0.1, 0.15) is 6.92 Å². The maximum atomic E-state index is 13.1. The van der Waals surface area contributed by atoms with Crippen LogP contribution in [-0.2, 0) is 11.3 Å². The van der Waals surface area contributed by atoms with Gasteiger partial charge in [0.25, 0.3) is 5.91 Å². The number of hydrogen-bond acceptors (Lipinski definition) is 3. The van der Waals surface area contributed by atoms with Gasteiger partial charge in [0.2, 0.25) is 0 Å². The van der Waals surface area contributed by atoms with Crippen molar-refractivity contribution in [2.45, 2.75) is 25.7 Å². The van der Waals surface area contributed by atoms with Crippen molar-refractivity contribution in [2.24, 2.45) is 0 Å². The van der Waals surface area contributed by atoms with Gasteiger partial charge in [0.15, 0.2) is 17.7 Å². The summed E-state index contributed by atoms with van der Waals surface area (Å²) < 4.78 is 68.3. The van der Waals surface area contributed by atoms with Gasteiger partial charge in [-0.15, -0.1) is 0 Å². The van der Waals surface area contributed by atoms with Crippen LogP contribution in [0.25, 0.3) is 0 Å². The van der Waals surface area contributed by atoms with Gasteiger partial charge in [0.05, 0.1) is 11.9 Å². The van der Waals surface area contributed by atoms with E-state index in [-0.39, 0.29) is 11.4 Å². The fourth-order valence-electron chi connectivity index (χ4n) is 1.75. The molecule has 1 N–H and O–H groups in total. The van der Waals surface area contributed by atoms with Gasteiger partial charge < -0.3 is 10.1 Å². The first-order chi connectivity index (χ1) is 11.1. The summed E-state index contributed by atoms with van der Waals surface area (Å²) in [5.74, 6) is -2.94. The Hall–Kier alpha value is -2.65. The van der Waals surface area contributed by atoms with E-state index in [1.165, 1.54) is 6.92 Å². The third-order valence-electron chi connectivity index (χ3n) is 2.82. The molecule has 130 valence electrons. The number of carbonyl (C=O) groups is 1. The van der Waals surface area contributed by atoms with E-state index in [9.17, 15) is 26.7 Å². The van der Waals surface area contributed by atoms with Crippen molar-refractivity contribution in [1.29, 1.82) is 0 Å². The second kappa shape index (κ2) is 6.85. The molecule has 0 aliphatic heterocycles. The summed E-state index contributed by atoms with van der Waals surface area (Å²) in [6.45, 7) is 0.0561. The molecule has 0 aliphatic rings. The number of ether oxygens (including phenoxy) is 1. The lowest BCUT2D eigenvalue weighted by Gasteiger charge is -2.14. The quantitative estimate of drug-likeness (QED) is 0.844. The van der Waals surface area contributed by atoms with E-state index >= 15 is 0 Å². The Morgan fingerprint density at radius 2 is 2.04 bits per heavy atom. The number of halogens is 5. The first kappa shape index (κ1) is 17.7. The molecule has 0 saturated heterocycles. The zero-order valence-electron chi connectivity index (χ0n) is 12.3. The Bertz CT molecular complexity index is 729. The van der Waals surface area contributed by atoms with Crippen molar-refractivity contribution in [2.75, 3.05) is 5.32 Å². The number of amides is 1. The molecular weight excluding hydrogens is 337 g/mol. The van der Waals surface area contributed by atoms with Crippen molar-refractivity contribution in [1.82, 2.24) is 9.78 Å². The molecule has 1 unspecified atom stereocenters. The van der Waals surface area contributed by atoms with Gasteiger partial charge in [-0.3, -0.25) is 9.48 Å². The van der Waals surface area contributed by atoms with Crippen molar-refractivity contribution < 1.29 is 31.5 Å². The topological polar surface area (TPSA) is 56.1 Å². The van der Waals surface area contributed by atoms with Crippen LogP contribution < -0.4 is 10.1 Å². The Kier molecular flexibility index (Phi) is 5.05. The fraction of sp³-hybridized carbons (Fsp3) is 0.286. The highest BCUT2D eigenvalue weighted by Gasteiger charge is 2.28. The van der Waals surface area contributed by atoms with Gasteiger partial charge in [0, 0.05) is 12.3 Å². The minimum Gasteiger partial charge on any atom is -0.481 e. The molecule has 0 fully saturated rings. The lowest BCUT2D eigenvalue weighted by atomic mass is 10.3. The zero-order chi connectivity index (χ0) is 17.9. The van der Waals surface area contributed by atoms with Crippen LogP contribution in [0.15, 0.2) is 30.6 Å². The second-order valence-corrected chi connectivity index (χ2v) is 4.87. The average Bonchev–Trinajstić information content (AvgIpc) is 2.87. The normalized spacial score (nSPS) is 12.8. The van der Waals surface area contributed by atoms with Crippen LogP contribution in [-0.4, -0.2) is 28.0 Å². The third-order valence-corrected chi connectivity index (χ3v) is 2.82. The molecule has 1 atom stereocenters. The molecule has 5 nitrogen and oxygen atoms in total. The highest BCUT2D eigenvalue weighted by Crippen LogP contribution is 2.19. The summed E-state index contributed by atoms with van der Waals surface area (Å²) in [6.07, 6.45) is -3.47. The summed E-state index contributed by atoms with van der Waals surface area (Å²) in [5, 5.41) is 5.78. The molecule has 10 heteroatoms. The van der Waals surface area contributed by atoms with E-state index in [0.717, 1.165) is 30.6 Å². The molecule has 2 aromatic rings. The Balaban J connectivity index is 1.95. The number of nitrogens with one attached hydrogen (secondary N) is 1. The van der Waals surface area contributed by atoms with Crippen LogP contribution >= 0.6 is 0 Å². The Morgan fingerprint density at radius 3 is 2.67 bits per heavy atom. The van der Waals surface area contributed by atoms with Gasteiger partial charge >= 0.3 is 6.18 Å². The Morgan fingerprint density at radius 1 is 1.33 bits per heavy atom. The van der Waals surface area contributed by atoms with Crippen LogP contribution in [0.2, 0.25) is 0 Å². The van der Waals surface area contributed by atoms with Crippen molar-refractivity contribution in [3.63, 3.8) is 0 Å². The number of rotatable bonds is 5. The summed E-state index contributed by atoms with van der Waals surface area (Å²) in [7, 11) is 0. The summed E-state index contributed by atoms with van der Waals surface area (Å²) >= 11 is 0. The van der Waals surface area contributed by atoms with E-state index in [0.29, 0.717) is 4.68 Å². The number of aromatic nitrogens is 2. The summed E-state index contributed by atoms with van der Waals surface area (Å²) in [6, 6.07) is 2.76. The predicted molar refractivity (Wildman–Crippen MR) is 73.4 cm³/mol. The lowest BCUT2D eigenvalue weighted by molar-refractivity contribution is -0.142. The number of nitrogens with zero attached hydrogens (tertiary/aromatic N) is 2. The minimum absolute atomic E-state index is 0.0463. The molecular formula is C14H12F5N3O2. The molecule has 1 aromatic heterocycles. The van der Waals surface area contributed by atoms with Gasteiger partial charge in [-0.05, 0) is 19.1 Å². The SMILES string of the molecule is CC(Oc1ccc(F)c(F)c1)C(=O)Nc1cnn(CC(F)(F)F)c1. The highest BCUT2D eigenvalue weighted by molar-refractivity contribution is 5.93. The van der Waals surface area contributed by atoms with Crippen LogP contribution in [0.4, 0.5) is 27.6 Å². The molecule has 0 aliphatic carbocycles. The van der Waals surface area contributed by atoms with Gasteiger partial charge in [-0.2, -0.15) is 18.3 Å². The molecule has 1 aromatic carbocycles. The van der Waals surface area contributed by atoms with Crippen molar-refractivity contribution >= 4 is 11.6 Å². The van der Waals surface area contributed by atoms with Crippen LogP contribution in [0.3, 0.4) is 0 Å². The molecule has 0 bridgehead atoms. The average molecular weight is 349 g/mol. The number of carbonyl (C=O) groups excluding carboxylic acids is 1. The maximum absolute atomic E-state index is 13.1. The standard InChI is InChI=1S/C14H12F5N3O2/c1-8(24-10-2-3-11(15)12(16)4-10)13(23)21-9-5-20-22(6-9)7-14(17,18)19/h2-6,8H,7H2,1H3,(H,21,23). The first-order valence-corrected chi connectivity index (χ1v) is 6.66. The smallest absolute Gasteiger partial charge is 0.408 e. The van der Waals surface area contributed by atoms with Gasteiger partial charge in [-0.25, -0.2) is 8.78 Å². The van der Waals surface area contributed by atoms with E-state index < -0.39 is 36.4 Å². The molecule has 2 rings (SSSR count). The molecule has 1 heterocycles. The third kappa shape index (κ3) is 4.93. The minimum atomic E-state index is -4.43. The predicted octanol–water partition coefficient (Wildman–Crippen LogP) is 3.13. The van der Waals surface area contributed by atoms with Crippen LogP contribution in [0, 0.1) is 11.6 Å². The lowest BCUT2D eigenvalue weighted by Crippen LogP contribution is -2.30. The number of anilines is 1. The number of hydrogen-bond donors (Lipinski definition) is 1. The first-order valence-electron chi connectivity index (χ1n) is 6.66. The maximum Gasteiger partial charge on any atom is 0.408 e. The van der Waals surface area contributed by atoms with E-state index in [1.807, 2.05) is 0 Å². The molecule has 1 amide bonds. The second-order valence-electron chi connectivity index (χ2n) is 4.87. The van der Waals surface area contributed by atoms with Gasteiger partial charge in [0.1, 0.15) is 12.3 Å². The van der Waals surface area contributed by atoms with E-state index in [1.54, 1.807) is 0 Å². The molecule has 0 saturated carbocycles. The van der Waals surface area contributed by atoms with Crippen LogP contribution in [0.5, 0.6) is 5.75 Å². The molecule has 0 radical (unpaired) electrons. The Labute approximate surface area is 133 Å². The van der Waals surface area contributed by atoms with E-state index in [2.05, 4.69) is 10.4 Å². The monoisotopic (exact) mass is 349 g/mol. The van der Waals surface area contributed by atoms with Crippen molar-refractivity contribution in [3.05, 3.63) is 42.2 Å². The summed E-state index contributed by atoms with van der Waals surface area (Å²) in [4.78, 5) is 11.9. The number of alkyl halides is 3. The van der Waals surface area contributed by atoms with E-state index in [4.69, 9.17) is 4.74 Å². The largest absolute Gasteiger partial charge is 0.481 e. The fourth-order valence-corrected chi connectivity index (χ4v) is 1.75. The highest BCUT2D eigenvalue weighted by atomic mass is 19.4. The molecule has 0 spiro atoms. The zero-order valence-corrected chi connectivity index (χ0v) is 12.3.